The Balaban J connectivity index is 1.66. The Bertz CT molecular complexity index is 538. The zero-order valence-corrected chi connectivity index (χ0v) is 15.5. The standard InChI is InChI=1S/C21H31ClO/c1-20-10-5-3-4-6-15(20)7-8-16-17(20)9-11-21(2)18(16)12-14(13-23)19(21)22/h13,15-18H,3-12H2,1-2H3/t15-,16-,17?,18+,20+,21+/m1/s1. The highest BCUT2D eigenvalue weighted by atomic mass is 35.5. The van der Waals surface area contributed by atoms with Crippen LogP contribution in [0, 0.1) is 34.5 Å². The Morgan fingerprint density at radius 3 is 2.61 bits per heavy atom. The molecular weight excluding hydrogens is 304 g/mol. The van der Waals surface area contributed by atoms with E-state index in [1.54, 1.807) is 0 Å². The Labute approximate surface area is 146 Å². The van der Waals surface area contributed by atoms with Gasteiger partial charge in [0.15, 0.2) is 0 Å². The molecule has 128 valence electrons. The number of allylic oxidation sites excluding steroid dienone is 2. The van der Waals surface area contributed by atoms with Gasteiger partial charge in [0.2, 0.25) is 0 Å². The number of hydrogen-bond acceptors (Lipinski definition) is 1. The molecule has 3 saturated carbocycles. The molecule has 0 N–H and O–H groups in total. The highest BCUT2D eigenvalue weighted by Crippen LogP contribution is 2.67. The fourth-order valence-electron chi connectivity index (χ4n) is 7.23. The van der Waals surface area contributed by atoms with Crippen LogP contribution in [-0.4, -0.2) is 6.29 Å². The first-order valence-corrected chi connectivity index (χ1v) is 10.2. The lowest BCUT2D eigenvalue weighted by molar-refractivity contribution is -0.105. The van der Waals surface area contributed by atoms with E-state index in [2.05, 4.69) is 13.8 Å². The van der Waals surface area contributed by atoms with Crippen LogP contribution in [0.25, 0.3) is 0 Å². The van der Waals surface area contributed by atoms with Crippen LogP contribution in [0.5, 0.6) is 0 Å². The second kappa shape index (κ2) is 5.61. The predicted octanol–water partition coefficient (Wildman–Crippen LogP) is 6.11. The quantitative estimate of drug-likeness (QED) is 0.528. The maximum atomic E-state index is 11.5. The van der Waals surface area contributed by atoms with E-state index in [0.717, 1.165) is 41.1 Å². The van der Waals surface area contributed by atoms with Gasteiger partial charge in [0.05, 0.1) is 0 Å². The minimum atomic E-state index is 0.0902. The molecule has 2 heteroatoms. The van der Waals surface area contributed by atoms with E-state index in [0.29, 0.717) is 11.3 Å². The lowest BCUT2D eigenvalue weighted by atomic mass is 9.47. The summed E-state index contributed by atoms with van der Waals surface area (Å²) in [6.07, 6.45) is 14.5. The second-order valence-electron chi connectivity index (χ2n) is 9.37. The Hall–Kier alpha value is -0.300. The minimum absolute atomic E-state index is 0.0902. The molecule has 0 heterocycles. The summed E-state index contributed by atoms with van der Waals surface area (Å²) in [5.74, 6) is 3.23. The van der Waals surface area contributed by atoms with E-state index in [1.807, 2.05) is 0 Å². The van der Waals surface area contributed by atoms with Crippen LogP contribution in [0.15, 0.2) is 10.6 Å². The third-order valence-corrected chi connectivity index (χ3v) is 9.26. The third-order valence-electron chi connectivity index (χ3n) is 8.59. The van der Waals surface area contributed by atoms with Crippen molar-refractivity contribution >= 4 is 17.9 Å². The Morgan fingerprint density at radius 2 is 1.83 bits per heavy atom. The van der Waals surface area contributed by atoms with Gasteiger partial charge in [0.25, 0.3) is 0 Å². The zero-order valence-electron chi connectivity index (χ0n) is 14.7. The van der Waals surface area contributed by atoms with E-state index in [-0.39, 0.29) is 5.41 Å². The molecule has 0 saturated heterocycles. The van der Waals surface area contributed by atoms with Gasteiger partial charge in [-0.3, -0.25) is 4.79 Å². The molecule has 0 aromatic carbocycles. The van der Waals surface area contributed by atoms with E-state index in [1.165, 1.54) is 57.8 Å². The third kappa shape index (κ3) is 2.21. The van der Waals surface area contributed by atoms with Crippen LogP contribution < -0.4 is 0 Å². The molecule has 4 aliphatic rings. The van der Waals surface area contributed by atoms with Crippen LogP contribution in [0.1, 0.15) is 78.1 Å². The number of halogens is 1. The summed E-state index contributed by atoms with van der Waals surface area (Å²) in [7, 11) is 0. The number of carbonyl (C=O) groups excluding carboxylic acids is 1. The molecule has 23 heavy (non-hydrogen) atoms. The average molecular weight is 335 g/mol. The normalized spacial score (nSPS) is 49.9. The second-order valence-corrected chi connectivity index (χ2v) is 9.75. The van der Waals surface area contributed by atoms with Gasteiger partial charge in [-0.05, 0) is 74.0 Å². The molecule has 4 aliphatic carbocycles. The maximum absolute atomic E-state index is 11.5. The predicted molar refractivity (Wildman–Crippen MR) is 95.3 cm³/mol. The van der Waals surface area contributed by atoms with Gasteiger partial charge in [-0.2, -0.15) is 0 Å². The van der Waals surface area contributed by atoms with Crippen LogP contribution in [0.3, 0.4) is 0 Å². The van der Waals surface area contributed by atoms with E-state index in [9.17, 15) is 4.79 Å². The summed E-state index contributed by atoms with van der Waals surface area (Å²) in [4.78, 5) is 11.5. The molecule has 0 radical (unpaired) electrons. The number of hydrogen-bond donors (Lipinski definition) is 0. The Morgan fingerprint density at radius 1 is 1.00 bits per heavy atom. The Kier molecular flexibility index (Phi) is 3.95. The highest BCUT2D eigenvalue weighted by molar-refractivity contribution is 6.32. The smallest absolute Gasteiger partial charge is 0.147 e. The van der Waals surface area contributed by atoms with Crippen molar-refractivity contribution in [1.82, 2.24) is 0 Å². The molecule has 1 unspecified atom stereocenters. The molecule has 0 bridgehead atoms. The van der Waals surface area contributed by atoms with Gasteiger partial charge < -0.3 is 0 Å². The van der Waals surface area contributed by atoms with Crippen LogP contribution >= 0.6 is 11.6 Å². The van der Waals surface area contributed by atoms with Gasteiger partial charge >= 0.3 is 0 Å². The van der Waals surface area contributed by atoms with Gasteiger partial charge in [0, 0.05) is 16.0 Å². The molecule has 0 spiro atoms. The fraction of sp³-hybridized carbons (Fsp3) is 0.857. The topological polar surface area (TPSA) is 17.1 Å². The van der Waals surface area contributed by atoms with Crippen molar-refractivity contribution in [3.8, 4) is 0 Å². The van der Waals surface area contributed by atoms with Crippen molar-refractivity contribution in [1.29, 1.82) is 0 Å². The molecule has 3 fully saturated rings. The summed E-state index contributed by atoms with van der Waals surface area (Å²) < 4.78 is 0. The molecule has 0 aromatic rings. The maximum Gasteiger partial charge on any atom is 0.147 e. The summed E-state index contributed by atoms with van der Waals surface area (Å²) in [5, 5.41) is 0.907. The molecule has 6 atom stereocenters. The van der Waals surface area contributed by atoms with Crippen molar-refractivity contribution in [2.24, 2.45) is 34.5 Å². The molecule has 0 aliphatic heterocycles. The number of carbonyl (C=O) groups is 1. The summed E-state index contributed by atoms with van der Waals surface area (Å²) in [5.41, 5.74) is 1.55. The van der Waals surface area contributed by atoms with Gasteiger partial charge in [-0.15, -0.1) is 0 Å². The number of fused-ring (bicyclic) bond motifs is 5. The van der Waals surface area contributed by atoms with Gasteiger partial charge in [-0.25, -0.2) is 0 Å². The number of aldehydes is 1. The average Bonchev–Trinajstić information content (AvgIpc) is 2.69. The zero-order chi connectivity index (χ0) is 16.2. The van der Waals surface area contributed by atoms with Crippen molar-refractivity contribution in [2.45, 2.75) is 78.1 Å². The largest absolute Gasteiger partial charge is 0.298 e. The van der Waals surface area contributed by atoms with Crippen molar-refractivity contribution in [3.05, 3.63) is 10.6 Å². The lowest BCUT2D eigenvalue weighted by Crippen LogP contribution is -2.51. The SMILES string of the molecule is C[C@]12CCC3[C@@H](CC[C@H]4CCCCC[C@]34C)[C@@H]1CC(C=O)=C2Cl. The summed E-state index contributed by atoms with van der Waals surface area (Å²) in [6.45, 7) is 4.96. The first-order chi connectivity index (χ1) is 11.0. The van der Waals surface area contributed by atoms with Crippen molar-refractivity contribution in [2.75, 3.05) is 0 Å². The molecular formula is C21H31ClO. The van der Waals surface area contributed by atoms with Gasteiger partial charge in [-0.1, -0.05) is 44.7 Å². The number of rotatable bonds is 1. The molecule has 4 rings (SSSR count). The fourth-order valence-corrected chi connectivity index (χ4v) is 7.59. The minimum Gasteiger partial charge on any atom is -0.298 e. The molecule has 0 aromatic heterocycles. The van der Waals surface area contributed by atoms with Crippen molar-refractivity contribution < 1.29 is 4.79 Å². The summed E-state index contributed by atoms with van der Waals surface area (Å²) >= 11 is 6.67. The van der Waals surface area contributed by atoms with Crippen LogP contribution in [-0.2, 0) is 4.79 Å². The first kappa shape index (κ1) is 16.2. The molecule has 1 nitrogen and oxygen atoms in total. The first-order valence-electron chi connectivity index (χ1n) is 9.85. The van der Waals surface area contributed by atoms with Crippen LogP contribution in [0.4, 0.5) is 0 Å². The van der Waals surface area contributed by atoms with E-state index in [4.69, 9.17) is 11.6 Å². The lowest BCUT2D eigenvalue weighted by Gasteiger charge is -2.58. The van der Waals surface area contributed by atoms with Crippen LogP contribution in [0.2, 0.25) is 0 Å². The van der Waals surface area contributed by atoms with Crippen molar-refractivity contribution in [3.63, 3.8) is 0 Å². The van der Waals surface area contributed by atoms with E-state index >= 15 is 0 Å². The van der Waals surface area contributed by atoms with Gasteiger partial charge in [0.1, 0.15) is 6.29 Å². The summed E-state index contributed by atoms with van der Waals surface area (Å²) in [6, 6.07) is 0. The highest BCUT2D eigenvalue weighted by Gasteiger charge is 2.58. The molecule has 0 amide bonds. The monoisotopic (exact) mass is 334 g/mol. The van der Waals surface area contributed by atoms with E-state index < -0.39 is 0 Å².